The molecule has 4 aromatic rings. The number of H-pyrrole nitrogens is 1. The minimum atomic E-state index is -3.37. The SMILES string of the molecule is O=S(=O)(Cc1ccccc1)N1CCC(c2nc(-c3ccc4c(c3)OCO4)c(-c3ccccn3)[nH]2)CC1. The molecule has 6 rings (SSSR count). The maximum atomic E-state index is 13.0. The monoisotopic (exact) mass is 502 g/mol. The Labute approximate surface area is 210 Å². The molecule has 0 bridgehead atoms. The van der Waals surface area contributed by atoms with Gasteiger partial charge in [-0.15, -0.1) is 0 Å². The Morgan fingerprint density at radius 2 is 1.72 bits per heavy atom. The van der Waals surface area contributed by atoms with Crippen molar-refractivity contribution in [3.05, 3.63) is 84.3 Å². The van der Waals surface area contributed by atoms with Crippen LogP contribution in [0.5, 0.6) is 11.5 Å². The number of imidazole rings is 1. The van der Waals surface area contributed by atoms with Gasteiger partial charge in [0.15, 0.2) is 11.5 Å². The summed E-state index contributed by atoms with van der Waals surface area (Å²) < 4.78 is 38.6. The zero-order chi connectivity index (χ0) is 24.5. The molecule has 184 valence electrons. The summed E-state index contributed by atoms with van der Waals surface area (Å²) in [6, 6.07) is 20.9. The normalized spacial score (nSPS) is 16.3. The van der Waals surface area contributed by atoms with E-state index in [0.717, 1.165) is 39.8 Å². The Kier molecular flexibility index (Phi) is 5.94. The number of nitrogens with one attached hydrogen (secondary N) is 1. The van der Waals surface area contributed by atoms with Crippen LogP contribution in [-0.4, -0.2) is 47.6 Å². The van der Waals surface area contributed by atoms with E-state index in [1.54, 1.807) is 10.5 Å². The van der Waals surface area contributed by atoms with E-state index in [1.165, 1.54) is 0 Å². The quantitative estimate of drug-likeness (QED) is 0.415. The van der Waals surface area contributed by atoms with Gasteiger partial charge in [0.2, 0.25) is 16.8 Å². The van der Waals surface area contributed by atoms with Crippen molar-refractivity contribution >= 4 is 10.0 Å². The van der Waals surface area contributed by atoms with Crippen LogP contribution in [0.15, 0.2) is 72.9 Å². The molecule has 0 atom stereocenters. The van der Waals surface area contributed by atoms with Gasteiger partial charge in [-0.05, 0) is 48.7 Å². The number of nitrogens with zero attached hydrogens (tertiary/aromatic N) is 3. The van der Waals surface area contributed by atoms with Crippen LogP contribution in [0.1, 0.15) is 30.1 Å². The third-order valence-electron chi connectivity index (χ3n) is 6.72. The van der Waals surface area contributed by atoms with Crippen LogP contribution in [0.3, 0.4) is 0 Å². The van der Waals surface area contributed by atoms with Gasteiger partial charge in [-0.1, -0.05) is 36.4 Å². The lowest BCUT2D eigenvalue weighted by Gasteiger charge is -2.30. The number of piperidine rings is 1. The smallest absolute Gasteiger partial charge is 0.231 e. The number of ether oxygens (including phenoxy) is 2. The van der Waals surface area contributed by atoms with Crippen LogP contribution in [-0.2, 0) is 15.8 Å². The summed E-state index contributed by atoms with van der Waals surface area (Å²) in [6.45, 7) is 1.15. The molecule has 2 aromatic carbocycles. The molecular formula is C27H26N4O4S. The van der Waals surface area contributed by atoms with Crippen LogP contribution in [0.2, 0.25) is 0 Å². The second-order valence-electron chi connectivity index (χ2n) is 9.04. The van der Waals surface area contributed by atoms with E-state index >= 15 is 0 Å². The molecule has 0 saturated carbocycles. The Morgan fingerprint density at radius 3 is 2.50 bits per heavy atom. The van der Waals surface area contributed by atoms with Crippen LogP contribution in [0.4, 0.5) is 0 Å². The second-order valence-corrected chi connectivity index (χ2v) is 11.0. The Bertz CT molecular complexity index is 1460. The molecule has 4 heterocycles. The number of benzene rings is 2. The minimum Gasteiger partial charge on any atom is -0.454 e. The topological polar surface area (TPSA) is 97.4 Å². The molecule has 8 nitrogen and oxygen atoms in total. The molecule has 2 aliphatic heterocycles. The van der Waals surface area contributed by atoms with E-state index in [0.29, 0.717) is 31.7 Å². The fourth-order valence-corrected chi connectivity index (χ4v) is 6.38. The largest absolute Gasteiger partial charge is 0.454 e. The Balaban J connectivity index is 1.25. The highest BCUT2D eigenvalue weighted by Gasteiger charge is 2.31. The van der Waals surface area contributed by atoms with E-state index in [2.05, 4.69) is 9.97 Å². The summed E-state index contributed by atoms with van der Waals surface area (Å²) in [5.74, 6) is 2.41. The number of fused-ring (bicyclic) bond motifs is 1. The van der Waals surface area contributed by atoms with Crippen LogP contribution >= 0.6 is 0 Å². The van der Waals surface area contributed by atoms with E-state index in [9.17, 15) is 8.42 Å². The first-order chi connectivity index (χ1) is 17.6. The second kappa shape index (κ2) is 9.40. The van der Waals surface area contributed by atoms with Gasteiger partial charge in [-0.25, -0.2) is 17.7 Å². The van der Waals surface area contributed by atoms with Crippen molar-refractivity contribution in [3.63, 3.8) is 0 Å². The highest BCUT2D eigenvalue weighted by molar-refractivity contribution is 7.88. The van der Waals surface area contributed by atoms with Gasteiger partial charge in [0.1, 0.15) is 5.82 Å². The lowest BCUT2D eigenvalue weighted by atomic mass is 9.97. The Hall–Kier alpha value is -3.69. The molecular weight excluding hydrogens is 476 g/mol. The summed E-state index contributed by atoms with van der Waals surface area (Å²) in [5.41, 5.74) is 4.14. The van der Waals surface area contributed by atoms with E-state index in [4.69, 9.17) is 14.5 Å². The van der Waals surface area contributed by atoms with Gasteiger partial charge in [0, 0.05) is 30.8 Å². The van der Waals surface area contributed by atoms with Crippen molar-refractivity contribution in [2.75, 3.05) is 19.9 Å². The molecule has 1 saturated heterocycles. The number of sulfonamides is 1. The van der Waals surface area contributed by atoms with Crippen molar-refractivity contribution in [1.82, 2.24) is 19.3 Å². The number of aromatic nitrogens is 3. The number of aromatic amines is 1. The molecule has 9 heteroatoms. The number of pyridine rings is 1. The van der Waals surface area contributed by atoms with Crippen molar-refractivity contribution in [1.29, 1.82) is 0 Å². The average Bonchev–Trinajstić information content (AvgIpc) is 3.57. The van der Waals surface area contributed by atoms with Crippen LogP contribution < -0.4 is 9.47 Å². The van der Waals surface area contributed by atoms with Crippen molar-refractivity contribution in [3.8, 4) is 34.1 Å². The molecule has 2 aromatic heterocycles. The third kappa shape index (κ3) is 4.47. The van der Waals surface area contributed by atoms with E-state index in [1.807, 2.05) is 66.7 Å². The van der Waals surface area contributed by atoms with E-state index in [-0.39, 0.29) is 18.5 Å². The summed E-state index contributed by atoms with van der Waals surface area (Å²) in [6.07, 6.45) is 3.16. The molecule has 0 spiro atoms. The molecule has 0 amide bonds. The highest BCUT2D eigenvalue weighted by Crippen LogP contribution is 2.39. The maximum Gasteiger partial charge on any atom is 0.231 e. The Morgan fingerprint density at radius 1 is 0.944 bits per heavy atom. The van der Waals surface area contributed by atoms with Crippen molar-refractivity contribution in [2.45, 2.75) is 24.5 Å². The number of hydrogen-bond donors (Lipinski definition) is 1. The van der Waals surface area contributed by atoms with Gasteiger partial charge in [0.05, 0.1) is 22.8 Å². The molecule has 0 aliphatic carbocycles. The molecule has 2 aliphatic rings. The zero-order valence-corrected chi connectivity index (χ0v) is 20.4. The molecule has 1 N–H and O–H groups in total. The predicted octanol–water partition coefficient (Wildman–Crippen LogP) is 4.58. The predicted molar refractivity (Wildman–Crippen MR) is 136 cm³/mol. The van der Waals surface area contributed by atoms with Gasteiger partial charge < -0.3 is 14.5 Å². The van der Waals surface area contributed by atoms with Crippen molar-refractivity contribution in [2.24, 2.45) is 0 Å². The number of hydrogen-bond acceptors (Lipinski definition) is 6. The maximum absolute atomic E-state index is 13.0. The van der Waals surface area contributed by atoms with Gasteiger partial charge in [-0.2, -0.15) is 0 Å². The zero-order valence-electron chi connectivity index (χ0n) is 19.6. The van der Waals surface area contributed by atoms with Gasteiger partial charge >= 0.3 is 0 Å². The fourth-order valence-electron chi connectivity index (χ4n) is 4.82. The summed E-state index contributed by atoms with van der Waals surface area (Å²) >= 11 is 0. The number of rotatable bonds is 6. The van der Waals surface area contributed by atoms with Crippen LogP contribution in [0, 0.1) is 0 Å². The molecule has 36 heavy (non-hydrogen) atoms. The fraction of sp³-hybridized carbons (Fsp3) is 0.259. The summed E-state index contributed by atoms with van der Waals surface area (Å²) in [5, 5.41) is 0. The van der Waals surface area contributed by atoms with Gasteiger partial charge in [0.25, 0.3) is 0 Å². The lowest BCUT2D eigenvalue weighted by Crippen LogP contribution is -2.38. The summed E-state index contributed by atoms with van der Waals surface area (Å²) in [4.78, 5) is 13.1. The molecule has 0 unspecified atom stereocenters. The first-order valence-electron chi connectivity index (χ1n) is 12.0. The average molecular weight is 503 g/mol. The lowest BCUT2D eigenvalue weighted by molar-refractivity contribution is 0.174. The highest BCUT2D eigenvalue weighted by atomic mass is 32.2. The van der Waals surface area contributed by atoms with Crippen molar-refractivity contribution < 1.29 is 17.9 Å². The standard InChI is InChI=1S/C27H26N4O4S/c32-36(33,17-19-6-2-1-3-7-19)31-14-11-20(12-15-31)27-29-25(26(30-27)22-8-4-5-13-28-22)21-9-10-23-24(16-21)35-18-34-23/h1-10,13,16,20H,11-12,14-15,17-18H2,(H,29,30). The first kappa shape index (κ1) is 22.8. The third-order valence-corrected chi connectivity index (χ3v) is 8.57. The molecule has 1 fully saturated rings. The van der Waals surface area contributed by atoms with E-state index < -0.39 is 10.0 Å². The van der Waals surface area contributed by atoms with Crippen LogP contribution in [0.25, 0.3) is 22.6 Å². The van der Waals surface area contributed by atoms with Gasteiger partial charge in [-0.3, -0.25) is 4.98 Å². The minimum absolute atomic E-state index is 0.0251. The molecule has 0 radical (unpaired) electrons. The summed E-state index contributed by atoms with van der Waals surface area (Å²) in [7, 11) is -3.37. The first-order valence-corrected chi connectivity index (χ1v) is 13.6.